The molecule has 0 fully saturated rings. The van der Waals surface area contributed by atoms with Crippen LogP contribution in [0.25, 0.3) is 22.0 Å². The number of aryl methyl sites for hydroxylation is 1. The molecule has 0 saturated heterocycles. The van der Waals surface area contributed by atoms with Crippen LogP contribution in [0.3, 0.4) is 0 Å². The van der Waals surface area contributed by atoms with Gasteiger partial charge in [0.1, 0.15) is 35.0 Å². The number of fused-ring (bicyclic) bond motifs is 1. The topological polar surface area (TPSA) is 72.8 Å². The normalized spacial score (nSPS) is 12.0. The van der Waals surface area contributed by atoms with Gasteiger partial charge in [-0.05, 0) is 55.8 Å². The number of hydrogen-bond donors (Lipinski definition) is 1. The molecule has 0 amide bonds. The summed E-state index contributed by atoms with van der Waals surface area (Å²) in [6.07, 6.45) is 1.43. The van der Waals surface area contributed by atoms with Gasteiger partial charge in [-0.15, -0.1) is 0 Å². The molecule has 2 aromatic carbocycles. The van der Waals surface area contributed by atoms with E-state index in [2.05, 4.69) is 25.5 Å². The van der Waals surface area contributed by atoms with E-state index in [9.17, 15) is 8.78 Å². The second-order valence-corrected chi connectivity index (χ2v) is 6.89. The quantitative estimate of drug-likeness (QED) is 0.510. The fraction of sp³-hybridized carbons (Fsp3) is 0.182. The summed E-state index contributed by atoms with van der Waals surface area (Å²) in [5.74, 6) is -0.300. The number of rotatable bonds is 5. The highest BCUT2D eigenvalue weighted by atomic mass is 19.1. The maximum absolute atomic E-state index is 14.4. The number of methoxy groups -OCH3 is 1. The Morgan fingerprint density at radius 2 is 1.83 bits per heavy atom. The van der Waals surface area contributed by atoms with E-state index in [4.69, 9.17) is 4.74 Å². The van der Waals surface area contributed by atoms with Crippen LogP contribution in [0, 0.1) is 18.6 Å². The molecule has 0 spiro atoms. The van der Waals surface area contributed by atoms with Crippen molar-refractivity contribution < 1.29 is 13.5 Å². The SMILES string of the molecule is COc1cc(-c2ccc(F)cc2F)cc2c(N[C@H](C)c3ccc(C)nn3)ncnc12. The lowest BCUT2D eigenvalue weighted by atomic mass is 10.0. The molecule has 0 saturated carbocycles. The van der Waals surface area contributed by atoms with Crippen LogP contribution >= 0.6 is 0 Å². The fourth-order valence-electron chi connectivity index (χ4n) is 3.20. The van der Waals surface area contributed by atoms with Gasteiger partial charge in [0.2, 0.25) is 0 Å². The molecule has 4 aromatic rings. The van der Waals surface area contributed by atoms with Crippen molar-refractivity contribution in [2.75, 3.05) is 12.4 Å². The van der Waals surface area contributed by atoms with Crippen LogP contribution in [0.5, 0.6) is 5.75 Å². The van der Waals surface area contributed by atoms with Gasteiger partial charge in [-0.1, -0.05) is 0 Å². The Morgan fingerprint density at radius 1 is 1.00 bits per heavy atom. The van der Waals surface area contributed by atoms with E-state index in [1.165, 1.54) is 25.6 Å². The second kappa shape index (κ2) is 7.98. The summed E-state index contributed by atoms with van der Waals surface area (Å²) in [6, 6.07) is 10.5. The maximum Gasteiger partial charge on any atom is 0.145 e. The number of anilines is 1. The van der Waals surface area contributed by atoms with Crippen LogP contribution < -0.4 is 10.1 Å². The fourth-order valence-corrected chi connectivity index (χ4v) is 3.20. The summed E-state index contributed by atoms with van der Waals surface area (Å²) in [5, 5.41) is 12.2. The van der Waals surface area contributed by atoms with E-state index < -0.39 is 11.6 Å². The molecule has 0 aliphatic heterocycles. The van der Waals surface area contributed by atoms with Gasteiger partial charge < -0.3 is 10.1 Å². The smallest absolute Gasteiger partial charge is 0.145 e. The zero-order valence-corrected chi connectivity index (χ0v) is 16.6. The molecule has 8 heteroatoms. The Bertz CT molecular complexity index is 1210. The summed E-state index contributed by atoms with van der Waals surface area (Å²) < 4.78 is 33.2. The van der Waals surface area contributed by atoms with Crippen molar-refractivity contribution in [1.29, 1.82) is 0 Å². The van der Waals surface area contributed by atoms with Crippen LogP contribution in [-0.2, 0) is 0 Å². The van der Waals surface area contributed by atoms with E-state index in [1.54, 1.807) is 12.1 Å². The molecule has 2 heterocycles. The first-order valence-electron chi connectivity index (χ1n) is 9.31. The molecule has 0 bridgehead atoms. The first-order valence-corrected chi connectivity index (χ1v) is 9.31. The minimum Gasteiger partial charge on any atom is -0.494 e. The third kappa shape index (κ3) is 3.76. The summed E-state index contributed by atoms with van der Waals surface area (Å²) in [7, 11) is 1.51. The van der Waals surface area contributed by atoms with E-state index in [-0.39, 0.29) is 11.6 Å². The number of hydrogen-bond acceptors (Lipinski definition) is 6. The summed E-state index contributed by atoms with van der Waals surface area (Å²) >= 11 is 0. The molecule has 1 N–H and O–H groups in total. The van der Waals surface area contributed by atoms with E-state index in [1.807, 2.05) is 26.0 Å². The zero-order chi connectivity index (χ0) is 21.3. The minimum absolute atomic E-state index is 0.187. The predicted octanol–water partition coefficient (Wildman–Crippen LogP) is 4.86. The number of halogens is 2. The van der Waals surface area contributed by atoms with Crippen molar-refractivity contribution in [2.45, 2.75) is 19.9 Å². The van der Waals surface area contributed by atoms with Crippen molar-refractivity contribution in [3.63, 3.8) is 0 Å². The Balaban J connectivity index is 1.81. The van der Waals surface area contributed by atoms with Crippen molar-refractivity contribution >= 4 is 16.7 Å². The third-order valence-corrected chi connectivity index (χ3v) is 4.78. The highest BCUT2D eigenvalue weighted by molar-refractivity contribution is 5.96. The molecule has 1 atom stereocenters. The van der Waals surface area contributed by atoms with Gasteiger partial charge in [-0.3, -0.25) is 0 Å². The van der Waals surface area contributed by atoms with Crippen LogP contribution in [0.2, 0.25) is 0 Å². The lowest BCUT2D eigenvalue weighted by Crippen LogP contribution is -2.11. The average Bonchev–Trinajstić information content (AvgIpc) is 2.73. The molecule has 6 nitrogen and oxygen atoms in total. The molecule has 30 heavy (non-hydrogen) atoms. The lowest BCUT2D eigenvalue weighted by molar-refractivity contribution is 0.419. The van der Waals surface area contributed by atoms with Gasteiger partial charge >= 0.3 is 0 Å². The first kappa shape index (κ1) is 19.6. The van der Waals surface area contributed by atoms with Gasteiger partial charge in [-0.2, -0.15) is 10.2 Å². The monoisotopic (exact) mass is 407 g/mol. The highest BCUT2D eigenvalue weighted by Gasteiger charge is 2.16. The summed E-state index contributed by atoms with van der Waals surface area (Å²) in [5.41, 5.74) is 2.93. The predicted molar refractivity (Wildman–Crippen MR) is 110 cm³/mol. The van der Waals surface area contributed by atoms with Crippen LogP contribution in [0.15, 0.2) is 48.8 Å². The largest absolute Gasteiger partial charge is 0.494 e. The Labute approximate surface area is 172 Å². The molecular weight excluding hydrogens is 388 g/mol. The maximum atomic E-state index is 14.4. The summed E-state index contributed by atoms with van der Waals surface area (Å²) in [4.78, 5) is 8.67. The highest BCUT2D eigenvalue weighted by Crippen LogP contribution is 2.35. The summed E-state index contributed by atoms with van der Waals surface area (Å²) in [6.45, 7) is 3.81. The van der Waals surface area contributed by atoms with Gasteiger partial charge in [0.25, 0.3) is 0 Å². The minimum atomic E-state index is -0.661. The molecule has 152 valence electrons. The Morgan fingerprint density at radius 3 is 2.53 bits per heavy atom. The number of aromatic nitrogens is 4. The Kier molecular flexibility index (Phi) is 5.22. The van der Waals surface area contributed by atoms with Crippen molar-refractivity contribution in [1.82, 2.24) is 20.2 Å². The zero-order valence-electron chi connectivity index (χ0n) is 16.6. The van der Waals surface area contributed by atoms with E-state index in [0.717, 1.165) is 17.5 Å². The average molecular weight is 407 g/mol. The van der Waals surface area contributed by atoms with Gasteiger partial charge in [-0.25, -0.2) is 18.7 Å². The molecule has 0 aliphatic carbocycles. The van der Waals surface area contributed by atoms with Gasteiger partial charge in [0.15, 0.2) is 0 Å². The van der Waals surface area contributed by atoms with Crippen molar-refractivity contribution in [2.24, 2.45) is 0 Å². The second-order valence-electron chi connectivity index (χ2n) is 6.89. The number of nitrogens with one attached hydrogen (secondary N) is 1. The molecule has 0 unspecified atom stereocenters. The number of nitrogens with zero attached hydrogens (tertiary/aromatic N) is 4. The molecular formula is C22H19F2N5O. The van der Waals surface area contributed by atoms with Gasteiger partial charge in [0.05, 0.1) is 24.5 Å². The van der Waals surface area contributed by atoms with Crippen LogP contribution in [-0.4, -0.2) is 27.3 Å². The van der Waals surface area contributed by atoms with Crippen LogP contribution in [0.4, 0.5) is 14.6 Å². The molecule has 0 aliphatic rings. The lowest BCUT2D eigenvalue weighted by Gasteiger charge is -2.16. The van der Waals surface area contributed by atoms with Gasteiger partial charge in [0, 0.05) is 17.0 Å². The molecule has 0 radical (unpaired) electrons. The first-order chi connectivity index (χ1) is 14.5. The third-order valence-electron chi connectivity index (χ3n) is 4.78. The number of ether oxygens (including phenoxy) is 1. The number of benzene rings is 2. The molecule has 2 aromatic heterocycles. The van der Waals surface area contributed by atoms with Crippen LogP contribution in [0.1, 0.15) is 24.4 Å². The standard InChI is InChI=1S/C22H19F2N5O/c1-12-4-7-19(29-28-12)13(2)27-22-17-8-14(16-6-5-15(23)10-18(16)24)9-20(30-3)21(17)25-11-26-22/h4-11,13H,1-3H3,(H,25,26,27)/t13-/m1/s1. The van der Waals surface area contributed by atoms with E-state index in [0.29, 0.717) is 28.0 Å². The Hall–Kier alpha value is -3.68. The molecule has 4 rings (SSSR count). The van der Waals surface area contributed by atoms with E-state index >= 15 is 0 Å². The van der Waals surface area contributed by atoms with Crippen molar-refractivity contribution in [3.8, 4) is 16.9 Å². The van der Waals surface area contributed by atoms with Crippen molar-refractivity contribution in [3.05, 3.63) is 71.8 Å².